The van der Waals surface area contributed by atoms with Crippen LogP contribution in [0.4, 0.5) is 39.5 Å². The number of nitrogens with one attached hydrogen (secondary N) is 1. The van der Waals surface area contributed by atoms with E-state index in [9.17, 15) is 22.0 Å². The Hall–Kier alpha value is -2.56. The number of aromatic nitrogens is 3. The quantitative estimate of drug-likeness (QED) is 0.730. The van der Waals surface area contributed by atoms with Crippen molar-refractivity contribution in [3.63, 3.8) is 0 Å². The monoisotopic (exact) mass is 428 g/mol. The van der Waals surface area contributed by atoms with Gasteiger partial charge in [-0.3, -0.25) is 0 Å². The van der Waals surface area contributed by atoms with Gasteiger partial charge in [0.05, 0.1) is 24.3 Å². The van der Waals surface area contributed by atoms with E-state index >= 15 is 0 Å². The van der Waals surface area contributed by atoms with Gasteiger partial charge in [0.15, 0.2) is 0 Å². The third kappa shape index (κ3) is 4.45. The van der Waals surface area contributed by atoms with E-state index in [1.54, 1.807) is 6.07 Å². The third-order valence-corrected chi connectivity index (χ3v) is 5.34. The summed E-state index contributed by atoms with van der Waals surface area (Å²) in [6, 6.07) is 3.42. The van der Waals surface area contributed by atoms with Crippen LogP contribution in [0.5, 0.6) is 0 Å². The SMILES string of the molecule is CCN1CCC(c2cc(Nc3cc(C(F)(F)F)ccn3)nc(N3CC(F)(F)C3)n2)C1. The molecule has 0 aliphatic carbocycles. The molecule has 6 nitrogen and oxygen atoms in total. The van der Waals surface area contributed by atoms with Crippen molar-refractivity contribution in [2.75, 3.05) is 42.9 Å². The summed E-state index contributed by atoms with van der Waals surface area (Å²) < 4.78 is 65.6. The highest BCUT2D eigenvalue weighted by molar-refractivity contribution is 5.56. The fraction of sp³-hybridized carbons (Fsp3) is 0.526. The molecule has 162 valence electrons. The number of anilines is 3. The highest BCUT2D eigenvalue weighted by Crippen LogP contribution is 2.34. The summed E-state index contributed by atoms with van der Waals surface area (Å²) in [5.41, 5.74) is -0.160. The van der Waals surface area contributed by atoms with Crippen molar-refractivity contribution in [1.29, 1.82) is 0 Å². The molecule has 1 unspecified atom stereocenters. The average Bonchev–Trinajstić information content (AvgIpc) is 3.15. The van der Waals surface area contributed by atoms with Gasteiger partial charge in [0.2, 0.25) is 5.95 Å². The highest BCUT2D eigenvalue weighted by Gasteiger charge is 2.45. The van der Waals surface area contributed by atoms with Crippen LogP contribution in [0.2, 0.25) is 0 Å². The highest BCUT2D eigenvalue weighted by atomic mass is 19.4. The van der Waals surface area contributed by atoms with E-state index in [1.807, 2.05) is 0 Å². The third-order valence-electron chi connectivity index (χ3n) is 5.34. The second-order valence-corrected chi connectivity index (χ2v) is 7.62. The van der Waals surface area contributed by atoms with Crippen LogP contribution in [0, 0.1) is 0 Å². The van der Waals surface area contributed by atoms with Crippen LogP contribution in [-0.2, 0) is 6.18 Å². The van der Waals surface area contributed by atoms with Crippen molar-refractivity contribution in [2.24, 2.45) is 0 Å². The van der Waals surface area contributed by atoms with Gasteiger partial charge in [-0.15, -0.1) is 0 Å². The number of likely N-dealkylation sites (N-methyl/N-ethyl adjacent to an activating group) is 1. The first kappa shape index (κ1) is 20.7. The zero-order chi connectivity index (χ0) is 21.5. The molecule has 0 bridgehead atoms. The molecule has 0 saturated carbocycles. The fourth-order valence-corrected chi connectivity index (χ4v) is 3.69. The normalized spacial score (nSPS) is 21.5. The second kappa shape index (κ2) is 7.60. The molecule has 4 heterocycles. The minimum absolute atomic E-state index is 0.0315. The van der Waals surface area contributed by atoms with Crippen LogP contribution in [-0.4, -0.2) is 58.5 Å². The number of rotatable bonds is 5. The molecule has 2 aliphatic heterocycles. The van der Waals surface area contributed by atoms with Gasteiger partial charge in [-0.1, -0.05) is 6.92 Å². The molecule has 0 amide bonds. The Balaban J connectivity index is 1.63. The molecule has 1 N–H and O–H groups in total. The maximum absolute atomic E-state index is 13.3. The maximum atomic E-state index is 13.3. The summed E-state index contributed by atoms with van der Waals surface area (Å²) in [7, 11) is 0. The molecular formula is C19H21F5N6. The molecule has 30 heavy (non-hydrogen) atoms. The van der Waals surface area contributed by atoms with Crippen LogP contribution in [0.3, 0.4) is 0 Å². The fourth-order valence-electron chi connectivity index (χ4n) is 3.69. The first-order valence-corrected chi connectivity index (χ1v) is 9.67. The summed E-state index contributed by atoms with van der Waals surface area (Å²) >= 11 is 0. The summed E-state index contributed by atoms with van der Waals surface area (Å²) in [4.78, 5) is 16.3. The average molecular weight is 428 g/mol. The zero-order valence-electron chi connectivity index (χ0n) is 16.3. The molecule has 2 aliphatic rings. The molecule has 11 heteroatoms. The summed E-state index contributed by atoms with van der Waals surface area (Å²) in [5.74, 6) is -2.35. The maximum Gasteiger partial charge on any atom is 0.416 e. The molecule has 2 aromatic rings. The van der Waals surface area contributed by atoms with E-state index in [1.165, 1.54) is 4.90 Å². The number of likely N-dealkylation sites (tertiary alicyclic amines) is 1. The van der Waals surface area contributed by atoms with Crippen LogP contribution < -0.4 is 10.2 Å². The Kier molecular flexibility index (Phi) is 5.25. The van der Waals surface area contributed by atoms with E-state index in [-0.39, 0.29) is 23.5 Å². The first-order valence-electron chi connectivity index (χ1n) is 9.67. The molecular weight excluding hydrogens is 407 g/mol. The smallest absolute Gasteiger partial charge is 0.329 e. The largest absolute Gasteiger partial charge is 0.416 e. The van der Waals surface area contributed by atoms with E-state index in [0.29, 0.717) is 5.69 Å². The minimum Gasteiger partial charge on any atom is -0.329 e. The Morgan fingerprint density at radius 1 is 1.17 bits per heavy atom. The van der Waals surface area contributed by atoms with E-state index in [2.05, 4.69) is 32.1 Å². The minimum atomic E-state index is -4.50. The zero-order valence-corrected chi connectivity index (χ0v) is 16.3. The summed E-state index contributed by atoms with van der Waals surface area (Å²) in [5, 5.41) is 2.78. The lowest BCUT2D eigenvalue weighted by Crippen LogP contribution is -2.57. The van der Waals surface area contributed by atoms with Crippen LogP contribution in [0.25, 0.3) is 0 Å². The predicted octanol–water partition coefficient (Wildman–Crippen LogP) is 3.90. The standard InChI is InChI=1S/C19H21F5N6/c1-2-29-6-4-12(9-29)14-8-16(28-17(26-14)30-10-18(20,21)11-30)27-15-7-13(3-5-25-15)19(22,23)24/h3,5,7-8,12H,2,4,6,9-11H2,1H3,(H,25,26,27,28). The van der Waals surface area contributed by atoms with Crippen LogP contribution in [0.1, 0.15) is 30.5 Å². The van der Waals surface area contributed by atoms with E-state index in [0.717, 1.165) is 44.4 Å². The molecule has 4 rings (SSSR count). The Morgan fingerprint density at radius 2 is 1.93 bits per heavy atom. The van der Waals surface area contributed by atoms with Gasteiger partial charge < -0.3 is 15.1 Å². The number of nitrogens with zero attached hydrogens (tertiary/aromatic N) is 5. The Morgan fingerprint density at radius 3 is 2.57 bits per heavy atom. The van der Waals surface area contributed by atoms with Crippen LogP contribution in [0.15, 0.2) is 24.4 Å². The topological polar surface area (TPSA) is 57.2 Å². The van der Waals surface area contributed by atoms with Crippen molar-refractivity contribution < 1.29 is 22.0 Å². The lowest BCUT2D eigenvalue weighted by atomic mass is 10.0. The number of pyridine rings is 1. The van der Waals surface area contributed by atoms with Gasteiger partial charge in [-0.25, -0.2) is 18.7 Å². The van der Waals surface area contributed by atoms with Gasteiger partial charge in [0, 0.05) is 24.7 Å². The Labute approximate surface area is 170 Å². The lowest BCUT2D eigenvalue weighted by Gasteiger charge is -2.38. The molecule has 2 fully saturated rings. The van der Waals surface area contributed by atoms with E-state index in [4.69, 9.17) is 0 Å². The molecule has 0 radical (unpaired) electrons. The van der Waals surface area contributed by atoms with Crippen molar-refractivity contribution in [3.05, 3.63) is 35.7 Å². The number of halogens is 5. The summed E-state index contributed by atoms with van der Waals surface area (Å²) in [6.07, 6.45) is -2.58. The van der Waals surface area contributed by atoms with Gasteiger partial charge in [0.1, 0.15) is 11.6 Å². The van der Waals surface area contributed by atoms with Gasteiger partial charge in [-0.05, 0) is 31.6 Å². The Bertz CT molecular complexity index is 911. The summed E-state index contributed by atoms with van der Waals surface area (Å²) in [6.45, 7) is 3.67. The van der Waals surface area contributed by atoms with Crippen molar-refractivity contribution in [1.82, 2.24) is 19.9 Å². The number of alkyl halides is 5. The predicted molar refractivity (Wildman–Crippen MR) is 101 cm³/mol. The number of hydrogen-bond donors (Lipinski definition) is 1. The van der Waals surface area contributed by atoms with Crippen molar-refractivity contribution in [2.45, 2.75) is 31.4 Å². The lowest BCUT2D eigenvalue weighted by molar-refractivity contribution is -0.137. The molecule has 2 aromatic heterocycles. The molecule has 1 atom stereocenters. The first-order chi connectivity index (χ1) is 14.1. The van der Waals surface area contributed by atoms with Crippen molar-refractivity contribution >= 4 is 17.6 Å². The van der Waals surface area contributed by atoms with Gasteiger partial charge >= 0.3 is 6.18 Å². The second-order valence-electron chi connectivity index (χ2n) is 7.62. The van der Waals surface area contributed by atoms with Gasteiger partial charge in [0.25, 0.3) is 5.92 Å². The molecule has 0 aromatic carbocycles. The van der Waals surface area contributed by atoms with Crippen LogP contribution >= 0.6 is 0 Å². The molecule has 0 spiro atoms. The number of hydrogen-bond acceptors (Lipinski definition) is 6. The van der Waals surface area contributed by atoms with Crippen molar-refractivity contribution in [3.8, 4) is 0 Å². The van der Waals surface area contributed by atoms with E-state index < -0.39 is 30.8 Å². The molecule has 2 saturated heterocycles. The van der Waals surface area contributed by atoms with Gasteiger partial charge in [-0.2, -0.15) is 18.2 Å².